The standard InChI is InChI=1S/C15H15Cl2NO2/c1-19-15-7-12(16)11(6-13(15)17)14-5-4-10(20-14)8-18-9-2-3-9/h4-7,9,18H,2-3,8H2,1H3. The van der Waals surface area contributed by atoms with Crippen LogP contribution in [0, 0.1) is 0 Å². The molecule has 1 aliphatic rings. The first-order chi connectivity index (χ1) is 9.67. The van der Waals surface area contributed by atoms with E-state index in [2.05, 4.69) is 5.32 Å². The first-order valence-electron chi connectivity index (χ1n) is 6.53. The number of halogens is 2. The molecule has 5 heteroatoms. The number of benzene rings is 1. The Morgan fingerprint density at radius 3 is 2.75 bits per heavy atom. The van der Waals surface area contributed by atoms with Crippen LogP contribution in [0.25, 0.3) is 11.3 Å². The fourth-order valence-corrected chi connectivity index (χ4v) is 2.51. The third kappa shape index (κ3) is 2.95. The summed E-state index contributed by atoms with van der Waals surface area (Å²) >= 11 is 12.4. The van der Waals surface area contributed by atoms with Gasteiger partial charge in [-0.1, -0.05) is 23.2 Å². The summed E-state index contributed by atoms with van der Waals surface area (Å²) in [6.45, 7) is 0.742. The maximum Gasteiger partial charge on any atom is 0.138 e. The molecule has 0 aliphatic heterocycles. The van der Waals surface area contributed by atoms with E-state index >= 15 is 0 Å². The Kier molecular flexibility index (Phi) is 3.92. The van der Waals surface area contributed by atoms with E-state index in [0.29, 0.717) is 27.6 Å². The van der Waals surface area contributed by atoms with Crippen molar-refractivity contribution in [1.82, 2.24) is 5.32 Å². The molecule has 0 saturated heterocycles. The molecule has 1 saturated carbocycles. The first-order valence-corrected chi connectivity index (χ1v) is 7.28. The predicted molar refractivity (Wildman–Crippen MR) is 80.6 cm³/mol. The molecule has 3 rings (SSSR count). The molecule has 3 nitrogen and oxygen atoms in total. The van der Waals surface area contributed by atoms with Crippen molar-refractivity contribution in [2.45, 2.75) is 25.4 Å². The Labute approximate surface area is 127 Å². The second-order valence-electron chi connectivity index (χ2n) is 4.89. The lowest BCUT2D eigenvalue weighted by Gasteiger charge is -2.07. The van der Waals surface area contributed by atoms with Crippen LogP contribution in [0.3, 0.4) is 0 Å². The lowest BCUT2D eigenvalue weighted by atomic mass is 10.1. The minimum atomic E-state index is 0.515. The van der Waals surface area contributed by atoms with Gasteiger partial charge < -0.3 is 14.5 Å². The van der Waals surface area contributed by atoms with Crippen LogP contribution in [0.1, 0.15) is 18.6 Å². The summed E-state index contributed by atoms with van der Waals surface area (Å²) < 4.78 is 10.9. The lowest BCUT2D eigenvalue weighted by molar-refractivity contribution is 0.415. The number of hydrogen-bond acceptors (Lipinski definition) is 3. The number of hydrogen-bond donors (Lipinski definition) is 1. The van der Waals surface area contributed by atoms with Crippen LogP contribution in [0.4, 0.5) is 0 Å². The quantitative estimate of drug-likeness (QED) is 0.882. The zero-order valence-electron chi connectivity index (χ0n) is 11.1. The Morgan fingerprint density at radius 2 is 2.05 bits per heavy atom. The molecule has 2 aromatic rings. The predicted octanol–water partition coefficient (Wildman–Crippen LogP) is 4.51. The van der Waals surface area contributed by atoms with Crippen LogP contribution in [0.5, 0.6) is 5.75 Å². The summed E-state index contributed by atoms with van der Waals surface area (Å²) in [6, 6.07) is 7.99. The molecule has 0 unspecified atom stereocenters. The van der Waals surface area contributed by atoms with Crippen molar-refractivity contribution in [1.29, 1.82) is 0 Å². The topological polar surface area (TPSA) is 34.4 Å². The van der Waals surface area contributed by atoms with Crippen molar-refractivity contribution in [2.75, 3.05) is 7.11 Å². The highest BCUT2D eigenvalue weighted by Gasteiger charge is 2.20. The number of furan rings is 1. The van der Waals surface area contributed by atoms with Crippen LogP contribution in [0.2, 0.25) is 10.0 Å². The van der Waals surface area contributed by atoms with Crippen molar-refractivity contribution in [3.63, 3.8) is 0 Å². The number of nitrogens with one attached hydrogen (secondary N) is 1. The number of rotatable bonds is 5. The highest BCUT2D eigenvalue weighted by Crippen LogP contribution is 2.37. The summed E-state index contributed by atoms with van der Waals surface area (Å²) in [7, 11) is 1.56. The molecular formula is C15H15Cl2NO2. The Morgan fingerprint density at radius 1 is 1.25 bits per heavy atom. The summed E-state index contributed by atoms with van der Waals surface area (Å²) in [4.78, 5) is 0. The zero-order valence-corrected chi connectivity index (χ0v) is 12.6. The lowest BCUT2D eigenvalue weighted by Crippen LogP contribution is -2.14. The molecule has 1 aromatic heterocycles. The summed E-state index contributed by atoms with van der Waals surface area (Å²) in [6.07, 6.45) is 2.51. The smallest absolute Gasteiger partial charge is 0.138 e. The summed E-state index contributed by atoms with van der Waals surface area (Å²) in [5, 5.41) is 4.48. The minimum Gasteiger partial charge on any atom is -0.495 e. The second-order valence-corrected chi connectivity index (χ2v) is 5.70. The van der Waals surface area contributed by atoms with Crippen LogP contribution >= 0.6 is 23.2 Å². The highest BCUT2D eigenvalue weighted by atomic mass is 35.5. The highest BCUT2D eigenvalue weighted by molar-refractivity contribution is 6.36. The maximum absolute atomic E-state index is 6.25. The maximum atomic E-state index is 6.25. The van der Waals surface area contributed by atoms with Gasteiger partial charge in [0.2, 0.25) is 0 Å². The fourth-order valence-electron chi connectivity index (χ4n) is 2.02. The second kappa shape index (κ2) is 5.68. The largest absolute Gasteiger partial charge is 0.495 e. The van der Waals surface area contributed by atoms with E-state index in [4.69, 9.17) is 32.4 Å². The molecule has 0 atom stereocenters. The third-order valence-corrected chi connectivity index (χ3v) is 3.92. The molecular weight excluding hydrogens is 297 g/mol. The Balaban J connectivity index is 1.82. The molecule has 20 heavy (non-hydrogen) atoms. The normalized spacial score (nSPS) is 14.6. The van der Waals surface area contributed by atoms with Crippen LogP contribution in [-0.4, -0.2) is 13.2 Å². The van der Waals surface area contributed by atoms with Gasteiger partial charge in [-0.05, 0) is 31.0 Å². The van der Waals surface area contributed by atoms with Crippen molar-refractivity contribution in [3.05, 3.63) is 40.1 Å². The average Bonchev–Trinajstić information content (AvgIpc) is 3.16. The van der Waals surface area contributed by atoms with Gasteiger partial charge in [0.1, 0.15) is 17.3 Å². The van der Waals surface area contributed by atoms with Gasteiger partial charge >= 0.3 is 0 Å². The SMILES string of the molecule is COc1cc(Cl)c(-c2ccc(CNC3CC3)o2)cc1Cl. The molecule has 1 aliphatic carbocycles. The molecule has 0 radical (unpaired) electrons. The molecule has 0 amide bonds. The van der Waals surface area contributed by atoms with Gasteiger partial charge in [0.05, 0.1) is 23.7 Å². The molecule has 1 fully saturated rings. The Hall–Kier alpha value is -1.16. The van der Waals surface area contributed by atoms with Gasteiger partial charge in [0.15, 0.2) is 0 Å². The Bertz CT molecular complexity index is 620. The van der Waals surface area contributed by atoms with E-state index in [1.807, 2.05) is 12.1 Å². The van der Waals surface area contributed by atoms with Crippen molar-refractivity contribution in [3.8, 4) is 17.1 Å². The van der Waals surface area contributed by atoms with E-state index in [-0.39, 0.29) is 0 Å². The van der Waals surface area contributed by atoms with Gasteiger partial charge in [-0.2, -0.15) is 0 Å². The van der Waals surface area contributed by atoms with Gasteiger partial charge in [0, 0.05) is 17.7 Å². The van der Waals surface area contributed by atoms with Crippen LogP contribution in [-0.2, 0) is 6.54 Å². The van der Waals surface area contributed by atoms with Gasteiger partial charge in [-0.3, -0.25) is 0 Å². The van der Waals surface area contributed by atoms with E-state index in [0.717, 1.165) is 17.9 Å². The molecule has 1 N–H and O–H groups in total. The molecule has 0 bridgehead atoms. The van der Waals surface area contributed by atoms with Gasteiger partial charge in [-0.15, -0.1) is 0 Å². The van der Waals surface area contributed by atoms with Crippen LogP contribution < -0.4 is 10.1 Å². The summed E-state index contributed by atoms with van der Waals surface area (Å²) in [5.74, 6) is 2.17. The zero-order chi connectivity index (χ0) is 14.1. The average molecular weight is 312 g/mol. The van der Waals surface area contributed by atoms with Crippen molar-refractivity contribution < 1.29 is 9.15 Å². The van der Waals surface area contributed by atoms with Crippen LogP contribution in [0.15, 0.2) is 28.7 Å². The van der Waals surface area contributed by atoms with E-state index in [1.54, 1.807) is 19.2 Å². The monoisotopic (exact) mass is 311 g/mol. The third-order valence-electron chi connectivity index (χ3n) is 3.31. The number of methoxy groups -OCH3 is 1. The summed E-state index contributed by atoms with van der Waals surface area (Å²) in [5.41, 5.74) is 0.773. The van der Waals surface area contributed by atoms with Gasteiger partial charge in [-0.25, -0.2) is 0 Å². The van der Waals surface area contributed by atoms with E-state index < -0.39 is 0 Å². The minimum absolute atomic E-state index is 0.515. The first kappa shape index (κ1) is 13.8. The fraction of sp³-hybridized carbons (Fsp3) is 0.333. The number of ether oxygens (including phenoxy) is 1. The molecule has 0 spiro atoms. The molecule has 1 heterocycles. The van der Waals surface area contributed by atoms with Crippen molar-refractivity contribution in [2.24, 2.45) is 0 Å². The van der Waals surface area contributed by atoms with E-state index in [9.17, 15) is 0 Å². The van der Waals surface area contributed by atoms with Crippen molar-refractivity contribution >= 4 is 23.2 Å². The molecule has 1 aromatic carbocycles. The molecule has 106 valence electrons. The van der Waals surface area contributed by atoms with E-state index in [1.165, 1.54) is 12.8 Å². The van der Waals surface area contributed by atoms with Gasteiger partial charge in [0.25, 0.3) is 0 Å².